The van der Waals surface area contributed by atoms with Crippen molar-refractivity contribution in [2.24, 2.45) is 5.92 Å². The zero-order valence-corrected chi connectivity index (χ0v) is 16.2. The number of hydrogen-bond donors (Lipinski definition) is 0. The van der Waals surface area contributed by atoms with Gasteiger partial charge in [-0.2, -0.15) is 0 Å². The van der Waals surface area contributed by atoms with E-state index >= 15 is 0 Å². The van der Waals surface area contributed by atoms with Crippen LogP contribution in [0.25, 0.3) is 0 Å². The van der Waals surface area contributed by atoms with Crippen LogP contribution in [0, 0.1) is 11.7 Å². The van der Waals surface area contributed by atoms with Crippen LogP contribution < -0.4 is 0 Å². The third kappa shape index (κ3) is 5.15. The number of carbonyl (C=O) groups excluding carboxylic acids is 2. The summed E-state index contributed by atoms with van der Waals surface area (Å²) in [4.78, 5) is 32.4. The van der Waals surface area contributed by atoms with Crippen LogP contribution in [0.1, 0.15) is 41.6 Å². The molecule has 0 radical (unpaired) electrons. The normalized spacial score (nSPS) is 14.7. The number of amides is 2. The van der Waals surface area contributed by atoms with Crippen LogP contribution in [-0.2, 0) is 11.3 Å². The van der Waals surface area contributed by atoms with Crippen molar-refractivity contribution in [2.75, 3.05) is 20.1 Å². The summed E-state index contributed by atoms with van der Waals surface area (Å²) in [5.41, 5.74) is 1.14. The van der Waals surface area contributed by atoms with E-state index in [4.69, 9.17) is 0 Å². The summed E-state index contributed by atoms with van der Waals surface area (Å²) in [6.07, 6.45) is 6.50. The minimum Gasteiger partial charge on any atom is -0.341 e. The van der Waals surface area contributed by atoms with E-state index in [9.17, 15) is 14.0 Å². The highest BCUT2D eigenvalue weighted by Crippen LogP contribution is 2.24. The summed E-state index contributed by atoms with van der Waals surface area (Å²) >= 11 is 0. The molecular formula is C22H26FN3O2. The molecule has 1 aliphatic rings. The Balaban J connectivity index is 1.42. The number of pyridine rings is 1. The molecule has 0 spiro atoms. The van der Waals surface area contributed by atoms with E-state index in [1.54, 1.807) is 34.3 Å². The number of benzene rings is 1. The molecule has 0 aliphatic carbocycles. The molecule has 0 N–H and O–H groups in total. The number of halogens is 1. The second-order valence-corrected chi connectivity index (χ2v) is 7.37. The van der Waals surface area contributed by atoms with Gasteiger partial charge in [-0.1, -0.05) is 18.2 Å². The number of rotatable bonds is 6. The first-order valence-corrected chi connectivity index (χ1v) is 9.71. The fraction of sp³-hybridized carbons (Fsp3) is 0.409. The van der Waals surface area contributed by atoms with Gasteiger partial charge in [0.15, 0.2) is 0 Å². The monoisotopic (exact) mass is 383 g/mol. The molecule has 0 bridgehead atoms. The zero-order chi connectivity index (χ0) is 19.9. The highest BCUT2D eigenvalue weighted by molar-refractivity contribution is 5.94. The third-order valence-corrected chi connectivity index (χ3v) is 5.34. The fourth-order valence-corrected chi connectivity index (χ4v) is 3.60. The van der Waals surface area contributed by atoms with Gasteiger partial charge in [-0.15, -0.1) is 0 Å². The van der Waals surface area contributed by atoms with Crippen molar-refractivity contribution in [1.29, 1.82) is 0 Å². The maximum absolute atomic E-state index is 13.8. The van der Waals surface area contributed by atoms with Gasteiger partial charge >= 0.3 is 0 Å². The highest BCUT2D eigenvalue weighted by atomic mass is 19.1. The zero-order valence-electron chi connectivity index (χ0n) is 16.2. The van der Waals surface area contributed by atoms with Crippen LogP contribution in [0.5, 0.6) is 0 Å². The SMILES string of the molecule is CN(Cc1cccnc1)C(=O)CCC1CCN(C(=O)c2ccccc2F)CC1. The Labute approximate surface area is 165 Å². The number of piperidine rings is 1. The summed E-state index contributed by atoms with van der Waals surface area (Å²) in [5.74, 6) is -0.185. The van der Waals surface area contributed by atoms with Gasteiger partial charge in [-0.05, 0) is 48.9 Å². The van der Waals surface area contributed by atoms with E-state index in [2.05, 4.69) is 4.98 Å². The van der Waals surface area contributed by atoms with Gasteiger partial charge in [0.05, 0.1) is 5.56 Å². The quantitative estimate of drug-likeness (QED) is 0.767. The predicted octanol–water partition coefficient (Wildman–Crippen LogP) is 3.51. The predicted molar refractivity (Wildman–Crippen MR) is 105 cm³/mol. The maximum atomic E-state index is 13.8. The average molecular weight is 383 g/mol. The van der Waals surface area contributed by atoms with E-state index in [-0.39, 0.29) is 17.4 Å². The van der Waals surface area contributed by atoms with Crippen molar-refractivity contribution in [3.63, 3.8) is 0 Å². The highest BCUT2D eigenvalue weighted by Gasteiger charge is 2.25. The summed E-state index contributed by atoms with van der Waals surface area (Å²) < 4.78 is 13.8. The first-order valence-electron chi connectivity index (χ1n) is 9.71. The van der Waals surface area contributed by atoms with E-state index in [1.807, 2.05) is 19.2 Å². The average Bonchev–Trinajstić information content (AvgIpc) is 2.73. The van der Waals surface area contributed by atoms with Crippen LogP contribution in [0.3, 0.4) is 0 Å². The molecular weight excluding hydrogens is 357 g/mol. The lowest BCUT2D eigenvalue weighted by Crippen LogP contribution is -2.39. The van der Waals surface area contributed by atoms with Crippen molar-refractivity contribution in [3.05, 3.63) is 65.7 Å². The molecule has 6 heteroatoms. The molecule has 3 rings (SSSR count). The summed E-state index contributed by atoms with van der Waals surface area (Å²) in [7, 11) is 1.81. The van der Waals surface area contributed by atoms with Crippen molar-refractivity contribution >= 4 is 11.8 Å². The second-order valence-electron chi connectivity index (χ2n) is 7.37. The number of carbonyl (C=O) groups is 2. The number of hydrogen-bond acceptors (Lipinski definition) is 3. The molecule has 1 aliphatic heterocycles. The molecule has 5 nitrogen and oxygen atoms in total. The minimum atomic E-state index is -0.475. The van der Waals surface area contributed by atoms with E-state index in [1.165, 1.54) is 12.1 Å². The maximum Gasteiger partial charge on any atom is 0.256 e. The smallest absolute Gasteiger partial charge is 0.256 e. The third-order valence-electron chi connectivity index (χ3n) is 5.34. The molecule has 2 amide bonds. The van der Waals surface area contributed by atoms with Crippen LogP contribution in [0.2, 0.25) is 0 Å². The van der Waals surface area contributed by atoms with Crippen molar-refractivity contribution in [2.45, 2.75) is 32.2 Å². The van der Waals surface area contributed by atoms with Gasteiger partial charge in [0.1, 0.15) is 5.82 Å². The van der Waals surface area contributed by atoms with Crippen LogP contribution in [0.4, 0.5) is 4.39 Å². The molecule has 1 saturated heterocycles. The van der Waals surface area contributed by atoms with Gasteiger partial charge in [-0.25, -0.2) is 4.39 Å². The van der Waals surface area contributed by atoms with Crippen molar-refractivity contribution in [1.82, 2.24) is 14.8 Å². The topological polar surface area (TPSA) is 53.5 Å². The van der Waals surface area contributed by atoms with Crippen LogP contribution in [-0.4, -0.2) is 46.7 Å². The molecule has 1 aromatic carbocycles. The Morgan fingerprint density at radius 3 is 2.61 bits per heavy atom. The first kappa shape index (κ1) is 20.0. The van der Waals surface area contributed by atoms with Gasteiger partial charge in [0.2, 0.25) is 5.91 Å². The Morgan fingerprint density at radius 1 is 1.18 bits per heavy atom. The molecule has 0 unspecified atom stereocenters. The Hall–Kier alpha value is -2.76. The Kier molecular flexibility index (Phi) is 6.74. The van der Waals surface area contributed by atoms with Crippen molar-refractivity contribution in [3.8, 4) is 0 Å². The largest absolute Gasteiger partial charge is 0.341 e. The molecule has 0 atom stereocenters. The molecule has 1 fully saturated rings. The summed E-state index contributed by atoms with van der Waals surface area (Å²) in [6.45, 7) is 1.78. The molecule has 28 heavy (non-hydrogen) atoms. The van der Waals surface area contributed by atoms with E-state index < -0.39 is 5.82 Å². The van der Waals surface area contributed by atoms with Crippen LogP contribution >= 0.6 is 0 Å². The Bertz CT molecular complexity index is 804. The van der Waals surface area contributed by atoms with Gasteiger partial charge in [0, 0.05) is 45.5 Å². The molecule has 2 heterocycles. The molecule has 148 valence electrons. The summed E-state index contributed by atoms with van der Waals surface area (Å²) in [6, 6.07) is 9.93. The number of nitrogens with zero attached hydrogens (tertiary/aromatic N) is 3. The minimum absolute atomic E-state index is 0.119. The fourth-order valence-electron chi connectivity index (χ4n) is 3.60. The standard InChI is InChI=1S/C22H26FN3O2/c1-25(16-18-5-4-12-24-15-18)21(27)9-8-17-10-13-26(14-11-17)22(28)19-6-2-3-7-20(19)23/h2-7,12,15,17H,8-11,13-14,16H2,1H3. The Morgan fingerprint density at radius 2 is 1.93 bits per heavy atom. The number of likely N-dealkylation sites (tertiary alicyclic amines) is 1. The van der Waals surface area contributed by atoms with E-state index in [0.717, 1.165) is 24.8 Å². The molecule has 2 aromatic rings. The molecule has 0 saturated carbocycles. The van der Waals surface area contributed by atoms with Gasteiger partial charge in [-0.3, -0.25) is 14.6 Å². The lowest BCUT2D eigenvalue weighted by atomic mass is 9.91. The lowest BCUT2D eigenvalue weighted by molar-refractivity contribution is -0.130. The van der Waals surface area contributed by atoms with Crippen LogP contribution in [0.15, 0.2) is 48.8 Å². The second kappa shape index (κ2) is 9.44. The van der Waals surface area contributed by atoms with Gasteiger partial charge in [0.25, 0.3) is 5.91 Å². The number of aromatic nitrogens is 1. The van der Waals surface area contributed by atoms with Gasteiger partial charge < -0.3 is 9.80 Å². The van der Waals surface area contributed by atoms with E-state index in [0.29, 0.717) is 32.0 Å². The molecule has 1 aromatic heterocycles. The first-order chi connectivity index (χ1) is 13.5. The van der Waals surface area contributed by atoms with Crippen molar-refractivity contribution < 1.29 is 14.0 Å². The lowest BCUT2D eigenvalue weighted by Gasteiger charge is -2.32. The summed E-state index contributed by atoms with van der Waals surface area (Å²) in [5, 5.41) is 0.